The number of hydrogen-bond donors (Lipinski definition) is 2. The van der Waals surface area contributed by atoms with Crippen LogP contribution in [0.5, 0.6) is 0 Å². The van der Waals surface area contributed by atoms with Crippen molar-refractivity contribution in [2.24, 2.45) is 7.05 Å². The van der Waals surface area contributed by atoms with Gasteiger partial charge in [0, 0.05) is 43.2 Å². The van der Waals surface area contributed by atoms with Gasteiger partial charge in [-0.25, -0.2) is 9.59 Å². The third kappa shape index (κ3) is 6.28. The Morgan fingerprint density at radius 1 is 1.20 bits per heavy atom. The van der Waals surface area contributed by atoms with E-state index in [1.165, 1.54) is 9.47 Å². The van der Waals surface area contributed by atoms with E-state index in [0.29, 0.717) is 30.7 Å². The summed E-state index contributed by atoms with van der Waals surface area (Å²) in [6.45, 7) is 6.16. The lowest BCUT2D eigenvalue weighted by Crippen LogP contribution is -2.48. The highest BCUT2D eigenvalue weighted by molar-refractivity contribution is 5.88. The molecule has 5 rings (SSSR count). The molecule has 2 aromatic carbocycles. The quantitative estimate of drug-likeness (QED) is 0.378. The molecule has 1 aliphatic rings. The number of nitriles is 1. The smallest absolute Gasteiger partial charge is 0.419 e. The molecule has 0 spiro atoms. The summed E-state index contributed by atoms with van der Waals surface area (Å²) in [6, 6.07) is 14.9. The summed E-state index contributed by atoms with van der Waals surface area (Å²) in [5.41, 5.74) is 4.16. The van der Waals surface area contributed by atoms with Crippen LogP contribution in [0.2, 0.25) is 0 Å². The topological polar surface area (TPSA) is 143 Å². The Morgan fingerprint density at radius 2 is 1.95 bits per heavy atom. The Morgan fingerprint density at radius 3 is 2.71 bits per heavy atom. The average Bonchev–Trinajstić information content (AvgIpc) is 3.33. The number of fused-ring (bicyclic) bond motifs is 2. The second-order valence-electron chi connectivity index (χ2n) is 11.2. The number of aromatic amines is 1. The molecule has 11 heteroatoms. The van der Waals surface area contributed by atoms with Crippen LogP contribution in [0.25, 0.3) is 33.1 Å². The maximum absolute atomic E-state index is 13.1. The first kappa shape index (κ1) is 28.0. The van der Waals surface area contributed by atoms with Crippen molar-refractivity contribution in [1.82, 2.24) is 19.8 Å². The highest BCUT2D eigenvalue weighted by Crippen LogP contribution is 2.28. The molecule has 214 valence electrons. The third-order valence-electron chi connectivity index (χ3n) is 6.92. The van der Waals surface area contributed by atoms with Crippen LogP contribution in [-0.2, 0) is 27.7 Å². The van der Waals surface area contributed by atoms with Crippen molar-refractivity contribution in [2.45, 2.75) is 51.4 Å². The minimum atomic E-state index is -0.904. The van der Waals surface area contributed by atoms with Gasteiger partial charge in [0.1, 0.15) is 11.6 Å². The van der Waals surface area contributed by atoms with Crippen LogP contribution in [0.15, 0.2) is 51.7 Å². The first-order valence-corrected chi connectivity index (χ1v) is 13.5. The van der Waals surface area contributed by atoms with Gasteiger partial charge in [-0.05, 0) is 68.7 Å². The van der Waals surface area contributed by atoms with E-state index in [1.54, 1.807) is 33.9 Å². The van der Waals surface area contributed by atoms with E-state index in [1.807, 2.05) is 36.4 Å². The number of carbonyl (C=O) groups excluding carboxylic acids is 2. The van der Waals surface area contributed by atoms with E-state index >= 15 is 0 Å². The fourth-order valence-corrected chi connectivity index (χ4v) is 4.88. The lowest BCUT2D eigenvalue weighted by Gasteiger charge is -2.27. The molecular weight excluding hydrogens is 526 g/mol. The van der Waals surface area contributed by atoms with Gasteiger partial charge in [-0.3, -0.25) is 9.36 Å². The van der Waals surface area contributed by atoms with Gasteiger partial charge in [0.05, 0.1) is 18.1 Å². The molecule has 0 aliphatic carbocycles. The summed E-state index contributed by atoms with van der Waals surface area (Å²) in [5, 5.41) is 13.5. The molecule has 0 radical (unpaired) electrons. The number of hydrogen-bond acceptors (Lipinski definition) is 7. The zero-order chi connectivity index (χ0) is 29.3. The summed E-state index contributed by atoms with van der Waals surface area (Å²) in [5.74, 6) is -0.859. The molecule has 41 heavy (non-hydrogen) atoms. The number of benzene rings is 2. The number of H-pyrrole nitrogens is 1. The van der Waals surface area contributed by atoms with Gasteiger partial charge in [0.25, 0.3) is 5.91 Å². The van der Waals surface area contributed by atoms with Gasteiger partial charge in [0.15, 0.2) is 11.7 Å². The van der Waals surface area contributed by atoms with Crippen molar-refractivity contribution in [3.63, 3.8) is 0 Å². The van der Waals surface area contributed by atoms with Crippen LogP contribution in [0, 0.1) is 11.3 Å². The molecule has 2 amide bonds. The van der Waals surface area contributed by atoms with Crippen molar-refractivity contribution in [3.05, 3.63) is 58.7 Å². The fourth-order valence-electron chi connectivity index (χ4n) is 4.88. The third-order valence-corrected chi connectivity index (χ3v) is 6.92. The molecule has 1 aliphatic heterocycles. The second-order valence-corrected chi connectivity index (χ2v) is 11.2. The maximum atomic E-state index is 13.1. The molecule has 4 aromatic rings. The lowest BCUT2D eigenvalue weighted by molar-refractivity contribution is -0.133. The summed E-state index contributed by atoms with van der Waals surface area (Å²) in [6.07, 6.45) is -0.560. The number of amides is 2. The number of oxazole rings is 1. The number of carbonyl (C=O) groups is 2. The van der Waals surface area contributed by atoms with Gasteiger partial charge in [-0.2, -0.15) is 5.26 Å². The van der Waals surface area contributed by atoms with E-state index in [9.17, 15) is 19.6 Å². The Kier molecular flexibility index (Phi) is 7.60. The van der Waals surface area contributed by atoms with Crippen LogP contribution in [0.1, 0.15) is 32.9 Å². The van der Waals surface area contributed by atoms with Crippen LogP contribution < -0.4 is 11.1 Å². The molecule has 0 bridgehead atoms. The molecule has 2 atom stereocenters. The van der Waals surface area contributed by atoms with E-state index < -0.39 is 35.5 Å². The molecule has 1 saturated heterocycles. The first-order valence-electron chi connectivity index (χ1n) is 13.5. The number of ether oxygens (including phenoxy) is 2. The van der Waals surface area contributed by atoms with E-state index in [2.05, 4.69) is 16.4 Å². The van der Waals surface area contributed by atoms with Crippen LogP contribution in [-0.4, -0.2) is 63.9 Å². The molecule has 11 nitrogen and oxygen atoms in total. The minimum absolute atomic E-state index is 0.0484. The van der Waals surface area contributed by atoms with Crippen LogP contribution in [0.3, 0.4) is 0 Å². The SMILES string of the molecule is Cn1c(=O)oc2ccc(-c3ccc4[nH]c(C[C@@H](C#N)NC(=O)[C@@H]5CN(C(=O)OC(C)(C)C)CCCO5)cc4c3)cc21. The molecule has 2 N–H and O–H groups in total. The highest BCUT2D eigenvalue weighted by Gasteiger charge is 2.31. The highest BCUT2D eigenvalue weighted by atomic mass is 16.6. The Hall–Kier alpha value is -4.56. The molecule has 1 fully saturated rings. The van der Waals surface area contributed by atoms with Gasteiger partial charge in [0.2, 0.25) is 0 Å². The summed E-state index contributed by atoms with van der Waals surface area (Å²) < 4.78 is 17.9. The minimum Gasteiger partial charge on any atom is -0.444 e. The zero-order valence-corrected chi connectivity index (χ0v) is 23.5. The van der Waals surface area contributed by atoms with Crippen molar-refractivity contribution in [1.29, 1.82) is 5.26 Å². The lowest BCUT2D eigenvalue weighted by atomic mass is 10.0. The van der Waals surface area contributed by atoms with Gasteiger partial charge in [-0.15, -0.1) is 0 Å². The largest absolute Gasteiger partial charge is 0.444 e. The van der Waals surface area contributed by atoms with Crippen molar-refractivity contribution in [3.8, 4) is 17.2 Å². The Labute approximate surface area is 236 Å². The normalized spacial score (nSPS) is 16.8. The van der Waals surface area contributed by atoms with Gasteiger partial charge < -0.3 is 29.1 Å². The fraction of sp³-hybridized carbons (Fsp3) is 0.400. The molecule has 2 aromatic heterocycles. The first-order chi connectivity index (χ1) is 19.5. The number of rotatable bonds is 5. The van der Waals surface area contributed by atoms with Crippen LogP contribution >= 0.6 is 0 Å². The van der Waals surface area contributed by atoms with E-state index in [0.717, 1.165) is 27.7 Å². The number of aryl methyl sites for hydroxylation is 1. The Bertz CT molecular complexity index is 1700. The molecule has 3 heterocycles. The van der Waals surface area contributed by atoms with Gasteiger partial charge in [-0.1, -0.05) is 12.1 Å². The number of nitrogens with zero attached hydrogens (tertiary/aromatic N) is 3. The predicted octanol–water partition coefficient (Wildman–Crippen LogP) is 3.86. The zero-order valence-electron chi connectivity index (χ0n) is 23.5. The van der Waals surface area contributed by atoms with E-state index in [4.69, 9.17) is 13.9 Å². The Balaban J connectivity index is 1.27. The monoisotopic (exact) mass is 559 g/mol. The second kappa shape index (κ2) is 11.1. The molecular formula is C30H33N5O6. The number of nitrogens with one attached hydrogen (secondary N) is 2. The van der Waals surface area contributed by atoms with E-state index in [-0.39, 0.29) is 13.0 Å². The summed E-state index contributed by atoms with van der Waals surface area (Å²) in [7, 11) is 1.67. The number of aromatic nitrogens is 2. The van der Waals surface area contributed by atoms with Crippen molar-refractivity contribution >= 4 is 34.0 Å². The maximum Gasteiger partial charge on any atom is 0.419 e. The predicted molar refractivity (Wildman–Crippen MR) is 152 cm³/mol. The average molecular weight is 560 g/mol. The summed E-state index contributed by atoms with van der Waals surface area (Å²) in [4.78, 5) is 42.3. The van der Waals surface area contributed by atoms with Crippen molar-refractivity contribution < 1.29 is 23.5 Å². The molecule has 0 saturated carbocycles. The van der Waals surface area contributed by atoms with Crippen molar-refractivity contribution in [2.75, 3.05) is 19.7 Å². The molecule has 0 unspecified atom stereocenters. The van der Waals surface area contributed by atoms with Gasteiger partial charge >= 0.3 is 11.8 Å². The van der Waals surface area contributed by atoms with Crippen LogP contribution in [0.4, 0.5) is 4.79 Å². The standard InChI is InChI=1S/C30H33N5O6/c1-30(2,3)41-29(38)35-10-5-11-39-26(17-35)27(36)33-22(16-31)15-21-13-20-12-18(6-8-23(20)32-21)19-7-9-25-24(14-19)34(4)28(37)40-25/h6-9,12-14,22,26,32H,5,10-11,15,17H2,1-4H3,(H,33,36)/t22-,26-/m0/s1. The summed E-state index contributed by atoms with van der Waals surface area (Å²) >= 11 is 0.